The van der Waals surface area contributed by atoms with Crippen LogP contribution in [0.3, 0.4) is 0 Å². The van der Waals surface area contributed by atoms with E-state index in [9.17, 15) is 41.0 Å². The van der Waals surface area contributed by atoms with E-state index in [0.717, 1.165) is 12.1 Å². The monoisotopic (exact) mass is 342 g/mol. The lowest BCUT2D eigenvalue weighted by Crippen LogP contribution is -2.34. The van der Waals surface area contributed by atoms with Crippen LogP contribution in [-0.4, -0.2) is 34.9 Å². The molecule has 0 aliphatic carbocycles. The lowest BCUT2D eigenvalue weighted by atomic mass is 10.2. The summed E-state index contributed by atoms with van der Waals surface area (Å²) in [5, 5.41) is 11.8. The van der Waals surface area contributed by atoms with Crippen molar-refractivity contribution in [3.8, 4) is 5.75 Å². The molecule has 0 aliphatic heterocycles. The number of nitrogens with one attached hydrogen (secondary N) is 1. The lowest BCUT2D eigenvalue weighted by Gasteiger charge is -2.11. The number of hydrazone groups is 1. The molecule has 0 saturated heterocycles. The first-order chi connectivity index (χ1) is 10.4. The van der Waals surface area contributed by atoms with Crippen LogP contribution in [-0.2, 0) is 4.79 Å². The van der Waals surface area contributed by atoms with E-state index in [2.05, 4.69) is 5.10 Å². The Bertz CT molecular complexity index is 636. The fourth-order valence-electron chi connectivity index (χ4n) is 1.30. The molecule has 1 aromatic carbocycles. The number of hydrogen-bond donors (Lipinski definition) is 2. The summed E-state index contributed by atoms with van der Waals surface area (Å²) in [5.74, 6) is -4.52. The predicted molar refractivity (Wildman–Crippen MR) is 64.7 cm³/mol. The van der Waals surface area contributed by atoms with Gasteiger partial charge in [-0.3, -0.25) is 9.59 Å². The van der Waals surface area contributed by atoms with Crippen molar-refractivity contribution in [2.24, 2.45) is 5.10 Å². The SMILES string of the molecule is O=C(N/N=C(/CC(=O)C(F)(F)F)C(F)(F)F)c1ccccc1O. The van der Waals surface area contributed by atoms with Crippen molar-refractivity contribution < 1.29 is 41.0 Å². The number of phenols is 1. The summed E-state index contributed by atoms with van der Waals surface area (Å²) < 4.78 is 73.7. The zero-order valence-corrected chi connectivity index (χ0v) is 11.0. The van der Waals surface area contributed by atoms with Crippen molar-refractivity contribution in [2.45, 2.75) is 18.8 Å². The Balaban J connectivity index is 2.97. The Labute approximate surface area is 124 Å². The number of carbonyl (C=O) groups excluding carboxylic acids is 2. The Hall–Kier alpha value is -2.59. The van der Waals surface area contributed by atoms with Crippen LogP contribution in [0, 0.1) is 0 Å². The summed E-state index contributed by atoms with van der Waals surface area (Å²) in [5.41, 5.74) is -1.21. The van der Waals surface area contributed by atoms with Crippen molar-refractivity contribution in [3.63, 3.8) is 0 Å². The Morgan fingerprint density at radius 1 is 1.04 bits per heavy atom. The van der Waals surface area contributed by atoms with Crippen LogP contribution in [0.1, 0.15) is 16.8 Å². The zero-order chi connectivity index (χ0) is 17.8. The van der Waals surface area contributed by atoms with Crippen molar-refractivity contribution in [1.29, 1.82) is 0 Å². The van der Waals surface area contributed by atoms with E-state index in [1.165, 1.54) is 17.6 Å². The number of ketones is 1. The third-order valence-electron chi connectivity index (χ3n) is 2.41. The minimum absolute atomic E-state index is 0.445. The first-order valence-corrected chi connectivity index (χ1v) is 5.75. The first kappa shape index (κ1) is 18.5. The third kappa shape index (κ3) is 5.27. The minimum atomic E-state index is -5.46. The van der Waals surface area contributed by atoms with Gasteiger partial charge in [0.05, 0.1) is 12.0 Å². The molecule has 1 rings (SSSR count). The number of nitrogens with zero attached hydrogens (tertiary/aromatic N) is 1. The summed E-state index contributed by atoms with van der Waals surface area (Å²) in [6, 6.07) is 4.74. The molecule has 1 aromatic rings. The van der Waals surface area contributed by atoms with Gasteiger partial charge in [0.2, 0.25) is 5.78 Å². The summed E-state index contributed by atoms with van der Waals surface area (Å²) in [7, 11) is 0. The number of hydrogen-bond acceptors (Lipinski definition) is 4. The number of carbonyl (C=O) groups is 2. The molecule has 0 unspecified atom stereocenters. The van der Waals surface area contributed by atoms with Gasteiger partial charge in [-0.2, -0.15) is 31.4 Å². The number of amides is 1. The van der Waals surface area contributed by atoms with Gasteiger partial charge in [-0.15, -0.1) is 0 Å². The molecule has 0 heterocycles. The van der Waals surface area contributed by atoms with Gasteiger partial charge in [-0.25, -0.2) is 5.43 Å². The van der Waals surface area contributed by atoms with Crippen molar-refractivity contribution in [1.82, 2.24) is 5.43 Å². The number of Topliss-reactive ketones (excluding diaryl/α,β-unsaturated/α-hetero) is 1. The second-order valence-electron chi connectivity index (χ2n) is 4.11. The number of halogens is 6. The van der Waals surface area contributed by atoms with Gasteiger partial charge in [0.25, 0.3) is 5.91 Å². The molecule has 0 fully saturated rings. The summed E-state index contributed by atoms with van der Waals surface area (Å²) in [6.07, 6.45) is -12.9. The predicted octanol–water partition coefficient (Wildman–Crippen LogP) is 2.56. The molecule has 0 aromatic heterocycles. The standard InChI is InChI=1S/C12H8F6N2O3/c13-11(14,15)8(5-9(22)12(16,17)18)19-20-10(23)6-3-1-2-4-7(6)21/h1-4,21H,5H2,(H,20,23)/b19-8-. The maximum absolute atomic E-state index is 12.5. The highest BCUT2D eigenvalue weighted by molar-refractivity contribution is 6.07. The molecule has 0 atom stereocenters. The molecule has 23 heavy (non-hydrogen) atoms. The number of phenolic OH excluding ortho intramolecular Hbond substituents is 1. The van der Waals surface area contributed by atoms with E-state index in [1.807, 2.05) is 0 Å². The molecule has 2 N–H and O–H groups in total. The van der Waals surface area contributed by atoms with E-state index in [1.54, 1.807) is 0 Å². The third-order valence-corrected chi connectivity index (χ3v) is 2.41. The number of aromatic hydroxyl groups is 1. The smallest absolute Gasteiger partial charge is 0.450 e. The zero-order valence-electron chi connectivity index (χ0n) is 11.0. The summed E-state index contributed by atoms with van der Waals surface area (Å²) >= 11 is 0. The van der Waals surface area contributed by atoms with Crippen LogP contribution < -0.4 is 5.43 Å². The quantitative estimate of drug-likeness (QED) is 0.501. The second-order valence-corrected chi connectivity index (χ2v) is 4.11. The lowest BCUT2D eigenvalue weighted by molar-refractivity contribution is -0.170. The average molecular weight is 342 g/mol. The van der Waals surface area contributed by atoms with Crippen LogP contribution >= 0.6 is 0 Å². The maximum Gasteiger partial charge on any atom is 0.450 e. The topological polar surface area (TPSA) is 78.8 Å². The van der Waals surface area contributed by atoms with Crippen molar-refractivity contribution >= 4 is 17.4 Å². The fourth-order valence-corrected chi connectivity index (χ4v) is 1.30. The number of benzene rings is 1. The number of rotatable bonds is 4. The first-order valence-electron chi connectivity index (χ1n) is 5.75. The van der Waals surface area contributed by atoms with Crippen LogP contribution in [0.5, 0.6) is 5.75 Å². The highest BCUT2D eigenvalue weighted by atomic mass is 19.4. The van der Waals surface area contributed by atoms with Gasteiger partial charge < -0.3 is 5.11 Å². The molecule has 11 heteroatoms. The number of alkyl halides is 6. The molecule has 126 valence electrons. The van der Waals surface area contributed by atoms with E-state index in [0.29, 0.717) is 0 Å². The largest absolute Gasteiger partial charge is 0.507 e. The highest BCUT2D eigenvalue weighted by Gasteiger charge is 2.45. The van der Waals surface area contributed by atoms with Gasteiger partial charge in [0, 0.05) is 0 Å². The van der Waals surface area contributed by atoms with Crippen LogP contribution in [0.25, 0.3) is 0 Å². The molecule has 0 bridgehead atoms. The van der Waals surface area contributed by atoms with E-state index in [-0.39, 0.29) is 0 Å². The van der Waals surface area contributed by atoms with Gasteiger partial charge >= 0.3 is 12.4 Å². The molecular formula is C12H8F6N2O3. The maximum atomic E-state index is 12.5. The summed E-state index contributed by atoms with van der Waals surface area (Å²) in [6.45, 7) is 0. The Morgan fingerprint density at radius 2 is 1.61 bits per heavy atom. The van der Waals surface area contributed by atoms with E-state index >= 15 is 0 Å². The van der Waals surface area contributed by atoms with Gasteiger partial charge in [-0.1, -0.05) is 12.1 Å². The van der Waals surface area contributed by atoms with E-state index < -0.39 is 47.5 Å². The number of para-hydroxylation sites is 1. The average Bonchev–Trinajstić information content (AvgIpc) is 2.40. The molecular weight excluding hydrogens is 334 g/mol. The van der Waals surface area contributed by atoms with E-state index in [4.69, 9.17) is 0 Å². The van der Waals surface area contributed by atoms with Gasteiger partial charge in [0.1, 0.15) is 11.5 Å². The van der Waals surface area contributed by atoms with Crippen LogP contribution in [0.15, 0.2) is 29.4 Å². The van der Waals surface area contributed by atoms with Crippen LogP contribution in [0.4, 0.5) is 26.3 Å². The molecule has 5 nitrogen and oxygen atoms in total. The molecule has 0 saturated carbocycles. The fraction of sp³-hybridized carbons (Fsp3) is 0.250. The molecule has 1 amide bonds. The van der Waals surface area contributed by atoms with Crippen molar-refractivity contribution in [2.75, 3.05) is 0 Å². The van der Waals surface area contributed by atoms with Gasteiger partial charge in [-0.05, 0) is 12.1 Å². The van der Waals surface area contributed by atoms with Gasteiger partial charge in [0.15, 0.2) is 0 Å². The molecule has 0 radical (unpaired) electrons. The highest BCUT2D eigenvalue weighted by Crippen LogP contribution is 2.24. The second kappa shape index (κ2) is 6.67. The Kier molecular flexibility index (Phi) is 5.35. The normalized spacial score (nSPS) is 12.9. The molecule has 0 aliphatic rings. The van der Waals surface area contributed by atoms with Crippen molar-refractivity contribution in [3.05, 3.63) is 29.8 Å². The van der Waals surface area contributed by atoms with Crippen LogP contribution in [0.2, 0.25) is 0 Å². The minimum Gasteiger partial charge on any atom is -0.507 e. The summed E-state index contributed by atoms with van der Waals surface area (Å²) in [4.78, 5) is 22.2. The Morgan fingerprint density at radius 3 is 2.09 bits per heavy atom. The molecule has 0 spiro atoms.